The maximum Gasteiger partial charge on any atom is 0.336 e. The molecular weight excluding hydrogens is 613 g/mol. The largest absolute Gasteiger partial charge is 0.478 e. The molecule has 5 rings (SSSR count). The number of hydrogen-bond donors (Lipinski definition) is 2. The van der Waals surface area contributed by atoms with E-state index in [1.165, 1.54) is 37.5 Å². The number of aromatic carboxylic acids is 1. The van der Waals surface area contributed by atoms with Gasteiger partial charge in [-0.05, 0) is 92.8 Å². The molecule has 2 aliphatic carbocycles. The van der Waals surface area contributed by atoms with Crippen molar-refractivity contribution in [3.05, 3.63) is 95.3 Å². The normalized spacial score (nSPS) is 17.7. The average molecular weight is 660 g/mol. The second kappa shape index (κ2) is 19.5. The molecule has 0 aliphatic heterocycles. The van der Waals surface area contributed by atoms with Crippen molar-refractivity contribution in [2.75, 3.05) is 25.0 Å². The van der Waals surface area contributed by atoms with E-state index in [0.717, 1.165) is 44.1 Å². The first-order valence-electron chi connectivity index (χ1n) is 16.8. The van der Waals surface area contributed by atoms with Crippen LogP contribution in [0, 0.1) is 18.7 Å². The minimum atomic E-state index is -0.934. The third kappa shape index (κ3) is 12.0. The van der Waals surface area contributed by atoms with Crippen molar-refractivity contribution in [3.63, 3.8) is 0 Å². The molecule has 3 aromatic rings. The summed E-state index contributed by atoms with van der Waals surface area (Å²) in [5.41, 5.74) is 2.82. The summed E-state index contributed by atoms with van der Waals surface area (Å²) >= 11 is 0. The maximum atomic E-state index is 13.6. The number of aliphatic imine (C=N–C) groups is 1. The molecule has 48 heavy (non-hydrogen) atoms. The first-order valence-corrected chi connectivity index (χ1v) is 16.8. The van der Waals surface area contributed by atoms with Gasteiger partial charge in [-0.25, -0.2) is 18.8 Å². The first kappa shape index (κ1) is 36.5. The third-order valence-corrected chi connectivity index (χ3v) is 8.84. The lowest BCUT2D eigenvalue weighted by Crippen LogP contribution is -2.41. The number of carboxylic acid groups (broad SMARTS) is 1. The highest BCUT2D eigenvalue weighted by atomic mass is 19.1. The summed E-state index contributed by atoms with van der Waals surface area (Å²) in [5.74, 6) is -0.844. The SMILES string of the molecule is Cc1cccc(COC2CCCC(OCCN(CC3CCCCC3)C(=O)Nc3cccc(F)c3)C2)c1C(=O)O.O=C=Nc1ccccc1. The highest BCUT2D eigenvalue weighted by molar-refractivity contribution is 5.91. The van der Waals surface area contributed by atoms with Gasteiger partial charge in [0.05, 0.1) is 36.7 Å². The van der Waals surface area contributed by atoms with Crippen molar-refractivity contribution >= 4 is 29.5 Å². The van der Waals surface area contributed by atoms with Crippen LogP contribution in [0.4, 0.5) is 20.6 Å². The summed E-state index contributed by atoms with van der Waals surface area (Å²) in [4.78, 5) is 39.7. The van der Waals surface area contributed by atoms with Crippen LogP contribution in [-0.4, -0.2) is 60.0 Å². The summed E-state index contributed by atoms with van der Waals surface area (Å²) in [6.07, 6.45) is 10.9. The lowest BCUT2D eigenvalue weighted by molar-refractivity contribution is -0.0526. The predicted molar refractivity (Wildman–Crippen MR) is 183 cm³/mol. The molecule has 0 spiro atoms. The smallest absolute Gasteiger partial charge is 0.336 e. The number of hydrogen-bond acceptors (Lipinski definition) is 6. The van der Waals surface area contributed by atoms with Crippen LogP contribution in [0.15, 0.2) is 77.8 Å². The number of nitrogens with one attached hydrogen (secondary N) is 1. The number of nitrogens with zero attached hydrogens (tertiary/aromatic N) is 2. The van der Waals surface area contributed by atoms with Gasteiger partial charge in [0.2, 0.25) is 6.08 Å². The number of benzene rings is 3. The molecule has 2 saturated carbocycles. The minimum absolute atomic E-state index is 0.000486. The summed E-state index contributed by atoms with van der Waals surface area (Å²) in [6.45, 7) is 3.61. The van der Waals surface area contributed by atoms with E-state index in [2.05, 4.69) is 10.3 Å². The van der Waals surface area contributed by atoms with Crippen molar-refractivity contribution in [1.82, 2.24) is 4.90 Å². The molecule has 2 N–H and O–H groups in total. The molecule has 2 aliphatic rings. The number of aryl methyl sites for hydroxylation is 1. The Morgan fingerprint density at radius 3 is 2.38 bits per heavy atom. The van der Waals surface area contributed by atoms with Crippen molar-refractivity contribution in [3.8, 4) is 0 Å². The number of para-hydroxylation sites is 1. The molecule has 2 unspecified atom stereocenters. The first-order chi connectivity index (χ1) is 23.3. The number of urea groups is 1. The van der Waals surface area contributed by atoms with E-state index in [-0.39, 0.29) is 30.7 Å². The topological polar surface area (TPSA) is 118 Å². The van der Waals surface area contributed by atoms with Crippen molar-refractivity contribution in [2.24, 2.45) is 10.9 Å². The van der Waals surface area contributed by atoms with Crippen LogP contribution in [0.5, 0.6) is 0 Å². The average Bonchev–Trinajstić information content (AvgIpc) is 3.08. The van der Waals surface area contributed by atoms with E-state index in [1.807, 2.05) is 35.2 Å². The number of halogens is 1. The van der Waals surface area contributed by atoms with Crippen molar-refractivity contribution in [1.29, 1.82) is 0 Å². The predicted octanol–water partition coefficient (Wildman–Crippen LogP) is 8.45. The number of carbonyl (C=O) groups excluding carboxylic acids is 2. The molecule has 10 heteroatoms. The number of isocyanates is 1. The fourth-order valence-electron chi connectivity index (χ4n) is 6.38. The van der Waals surface area contributed by atoms with Gasteiger partial charge in [-0.2, -0.15) is 4.99 Å². The number of carbonyl (C=O) groups is 2. The number of rotatable bonds is 12. The van der Waals surface area contributed by atoms with Gasteiger partial charge in [-0.1, -0.05) is 61.7 Å². The van der Waals surface area contributed by atoms with Crippen LogP contribution in [0.1, 0.15) is 79.3 Å². The summed E-state index contributed by atoms with van der Waals surface area (Å²) in [5, 5.41) is 12.4. The van der Waals surface area contributed by atoms with E-state index in [9.17, 15) is 23.9 Å². The Bertz CT molecular complexity index is 1510. The molecule has 0 bridgehead atoms. The van der Waals surface area contributed by atoms with Gasteiger partial charge in [0.25, 0.3) is 0 Å². The van der Waals surface area contributed by atoms with Crippen LogP contribution in [0.2, 0.25) is 0 Å². The standard InChI is InChI=1S/C31H41FN2O5.C7H5NO/c1-22-8-5-11-24(29(22)30(35)36)21-39-28-15-7-14-27(19-28)38-17-16-34(20-23-9-3-2-4-10-23)31(37)33-26-13-6-12-25(32)18-26;9-6-8-7-4-2-1-3-5-7/h5-6,8,11-13,18,23,27-28H,2-4,7,9-10,14-17,19-21H2,1H3,(H,33,37)(H,35,36);1-5H. The quantitative estimate of drug-likeness (QED) is 0.149. The Morgan fingerprint density at radius 1 is 0.938 bits per heavy atom. The molecule has 0 saturated heterocycles. The number of carboxylic acids is 1. The fourth-order valence-corrected chi connectivity index (χ4v) is 6.38. The highest BCUT2D eigenvalue weighted by Gasteiger charge is 2.26. The molecule has 0 heterocycles. The number of anilines is 1. The van der Waals surface area contributed by atoms with Gasteiger partial charge in [-0.15, -0.1) is 0 Å². The Labute approximate surface area is 282 Å². The summed E-state index contributed by atoms with van der Waals surface area (Å²) in [7, 11) is 0. The van der Waals surface area contributed by atoms with Crippen LogP contribution in [0.25, 0.3) is 0 Å². The zero-order valence-corrected chi connectivity index (χ0v) is 27.6. The number of ether oxygens (including phenoxy) is 2. The van der Waals surface area contributed by atoms with Crippen molar-refractivity contribution < 1.29 is 33.4 Å². The zero-order chi connectivity index (χ0) is 34.1. The van der Waals surface area contributed by atoms with E-state index < -0.39 is 5.97 Å². The molecule has 9 nitrogen and oxygen atoms in total. The van der Waals surface area contributed by atoms with E-state index in [4.69, 9.17) is 9.47 Å². The molecule has 0 radical (unpaired) electrons. The Hall–Kier alpha value is -4.37. The molecule has 3 aromatic carbocycles. The van der Waals surface area contributed by atoms with Gasteiger partial charge >= 0.3 is 12.0 Å². The van der Waals surface area contributed by atoms with Crippen molar-refractivity contribution in [2.45, 2.75) is 83.5 Å². The molecule has 0 aromatic heterocycles. The Kier molecular flexibility index (Phi) is 14.8. The molecule has 2 amide bonds. The molecular formula is C38H46FN3O6. The second-order valence-corrected chi connectivity index (χ2v) is 12.4. The summed E-state index contributed by atoms with van der Waals surface area (Å²) < 4.78 is 26.0. The Morgan fingerprint density at radius 2 is 1.67 bits per heavy atom. The van der Waals surface area contributed by atoms with E-state index in [1.54, 1.807) is 37.3 Å². The van der Waals surface area contributed by atoms with Crippen LogP contribution >= 0.6 is 0 Å². The maximum absolute atomic E-state index is 13.6. The number of amides is 2. The lowest BCUT2D eigenvalue weighted by atomic mass is 9.89. The monoisotopic (exact) mass is 659 g/mol. The van der Waals surface area contributed by atoms with Gasteiger partial charge in [-0.3, -0.25) is 0 Å². The third-order valence-electron chi connectivity index (χ3n) is 8.84. The van der Waals surface area contributed by atoms with Gasteiger partial charge in [0.1, 0.15) is 5.82 Å². The zero-order valence-electron chi connectivity index (χ0n) is 27.6. The van der Waals surface area contributed by atoms with Crippen LogP contribution in [-0.2, 0) is 20.9 Å². The van der Waals surface area contributed by atoms with Gasteiger partial charge in [0, 0.05) is 18.8 Å². The van der Waals surface area contributed by atoms with Gasteiger partial charge < -0.3 is 24.8 Å². The second-order valence-electron chi connectivity index (χ2n) is 12.4. The van der Waals surface area contributed by atoms with Crippen LogP contribution < -0.4 is 5.32 Å². The highest BCUT2D eigenvalue weighted by Crippen LogP contribution is 2.27. The van der Waals surface area contributed by atoms with E-state index in [0.29, 0.717) is 48.1 Å². The van der Waals surface area contributed by atoms with Crippen LogP contribution in [0.3, 0.4) is 0 Å². The fraction of sp³-hybridized carbons (Fsp3) is 0.447. The molecule has 2 atom stereocenters. The molecule has 256 valence electrons. The molecule has 2 fully saturated rings. The van der Waals surface area contributed by atoms with Gasteiger partial charge in [0.15, 0.2) is 0 Å². The Balaban J connectivity index is 0.000000500. The lowest BCUT2D eigenvalue weighted by Gasteiger charge is -2.32. The van der Waals surface area contributed by atoms with E-state index >= 15 is 0 Å². The minimum Gasteiger partial charge on any atom is -0.478 e. The summed E-state index contributed by atoms with van der Waals surface area (Å²) in [6, 6.07) is 20.2.